The Hall–Kier alpha value is -0.960. The maximum Gasteiger partial charge on any atom is 0.162 e. The van der Waals surface area contributed by atoms with E-state index in [0.717, 1.165) is 19.5 Å². The van der Waals surface area contributed by atoms with Crippen molar-refractivity contribution in [1.29, 1.82) is 0 Å². The summed E-state index contributed by atoms with van der Waals surface area (Å²) in [5.74, 6) is -0.930. The van der Waals surface area contributed by atoms with Crippen LogP contribution in [0.5, 0.6) is 0 Å². The molecule has 0 amide bonds. The zero-order chi connectivity index (χ0) is 10.8. The second kappa shape index (κ2) is 4.27. The maximum atomic E-state index is 13.6. The smallest absolute Gasteiger partial charge is 0.162 e. The van der Waals surface area contributed by atoms with Crippen molar-refractivity contribution in [3.63, 3.8) is 0 Å². The first-order chi connectivity index (χ1) is 7.20. The minimum atomic E-state index is -0.745. The van der Waals surface area contributed by atoms with Crippen LogP contribution >= 0.6 is 0 Å². The van der Waals surface area contributed by atoms with Crippen molar-refractivity contribution >= 4 is 0 Å². The first kappa shape index (κ1) is 10.6. The minimum Gasteiger partial charge on any atom is -0.316 e. The molecule has 0 bridgehead atoms. The predicted octanol–water partition coefficient (Wildman–Crippen LogP) is 2.68. The normalized spacial score (nSPS) is 26.6. The van der Waals surface area contributed by atoms with Crippen molar-refractivity contribution in [2.24, 2.45) is 5.92 Å². The molecule has 0 aliphatic carbocycles. The Labute approximate surface area is 88.5 Å². The predicted molar refractivity (Wildman–Crippen MR) is 55.7 cm³/mol. The third-order valence-corrected chi connectivity index (χ3v) is 3.21. The molecule has 3 heteroatoms. The van der Waals surface area contributed by atoms with Gasteiger partial charge in [0, 0.05) is 12.5 Å². The highest BCUT2D eigenvalue weighted by molar-refractivity contribution is 5.24. The summed E-state index contributed by atoms with van der Waals surface area (Å²) in [6.45, 7) is 3.80. The van der Waals surface area contributed by atoms with Gasteiger partial charge in [0.1, 0.15) is 0 Å². The molecular weight excluding hydrogens is 196 g/mol. The summed E-state index contributed by atoms with van der Waals surface area (Å²) in [6, 6.07) is 4.43. The van der Waals surface area contributed by atoms with Gasteiger partial charge < -0.3 is 5.32 Å². The summed E-state index contributed by atoms with van der Waals surface area (Å²) in [7, 11) is 0. The molecule has 0 spiro atoms. The van der Waals surface area contributed by atoms with E-state index in [9.17, 15) is 8.78 Å². The lowest BCUT2D eigenvalue weighted by Crippen LogP contribution is -2.34. The molecule has 15 heavy (non-hydrogen) atoms. The maximum absolute atomic E-state index is 13.6. The first-order valence-electron chi connectivity index (χ1n) is 5.34. The molecule has 1 fully saturated rings. The molecule has 1 nitrogen and oxygen atoms in total. The average molecular weight is 211 g/mol. The molecule has 1 aromatic carbocycles. The molecule has 1 aliphatic rings. The Morgan fingerprint density at radius 2 is 2.13 bits per heavy atom. The van der Waals surface area contributed by atoms with Gasteiger partial charge in [-0.15, -0.1) is 0 Å². The number of hydrogen-bond donors (Lipinski definition) is 1. The molecule has 0 aromatic heterocycles. The molecule has 2 unspecified atom stereocenters. The Morgan fingerprint density at radius 1 is 1.33 bits per heavy atom. The van der Waals surface area contributed by atoms with Gasteiger partial charge in [0.2, 0.25) is 0 Å². The second-order valence-electron chi connectivity index (χ2n) is 4.22. The number of nitrogens with one attached hydrogen (secondary N) is 1. The zero-order valence-electron chi connectivity index (χ0n) is 8.76. The van der Waals surface area contributed by atoms with Crippen LogP contribution in [0.15, 0.2) is 18.2 Å². The van der Waals surface area contributed by atoms with Crippen LogP contribution in [0.25, 0.3) is 0 Å². The summed E-state index contributed by atoms with van der Waals surface area (Å²) in [5.41, 5.74) is 0.509. The van der Waals surface area contributed by atoms with E-state index in [-0.39, 0.29) is 5.92 Å². The quantitative estimate of drug-likeness (QED) is 0.753. The number of piperidine rings is 1. The van der Waals surface area contributed by atoms with E-state index in [0.29, 0.717) is 11.5 Å². The highest BCUT2D eigenvalue weighted by atomic mass is 19.2. The van der Waals surface area contributed by atoms with E-state index in [1.807, 2.05) is 0 Å². The lowest BCUT2D eigenvalue weighted by atomic mass is 9.82. The number of halogens is 2. The van der Waals surface area contributed by atoms with Crippen LogP contribution in [0.4, 0.5) is 8.78 Å². The Kier molecular flexibility index (Phi) is 3.00. The van der Waals surface area contributed by atoms with Crippen molar-refractivity contribution in [2.45, 2.75) is 19.3 Å². The molecule has 0 saturated carbocycles. The molecule has 1 aromatic rings. The van der Waals surface area contributed by atoms with Crippen molar-refractivity contribution in [2.75, 3.05) is 13.1 Å². The van der Waals surface area contributed by atoms with Gasteiger partial charge >= 0.3 is 0 Å². The fraction of sp³-hybridized carbons (Fsp3) is 0.500. The Morgan fingerprint density at radius 3 is 2.87 bits per heavy atom. The monoisotopic (exact) mass is 211 g/mol. The highest BCUT2D eigenvalue weighted by Crippen LogP contribution is 2.31. The summed E-state index contributed by atoms with van der Waals surface area (Å²) in [6.07, 6.45) is 1.01. The van der Waals surface area contributed by atoms with Crippen LogP contribution in [-0.4, -0.2) is 13.1 Å². The third kappa shape index (κ3) is 2.02. The van der Waals surface area contributed by atoms with Crippen LogP contribution < -0.4 is 5.32 Å². The van der Waals surface area contributed by atoms with E-state index in [1.165, 1.54) is 6.07 Å². The van der Waals surface area contributed by atoms with Gasteiger partial charge in [-0.1, -0.05) is 19.1 Å². The van der Waals surface area contributed by atoms with Gasteiger partial charge in [-0.25, -0.2) is 8.78 Å². The van der Waals surface area contributed by atoms with Gasteiger partial charge in [0.25, 0.3) is 0 Å². The third-order valence-electron chi connectivity index (χ3n) is 3.21. The average Bonchev–Trinajstić information content (AvgIpc) is 2.23. The fourth-order valence-corrected chi connectivity index (χ4v) is 2.21. The van der Waals surface area contributed by atoms with Crippen molar-refractivity contribution < 1.29 is 8.78 Å². The zero-order valence-corrected chi connectivity index (χ0v) is 8.76. The molecule has 2 rings (SSSR count). The van der Waals surface area contributed by atoms with E-state index in [1.54, 1.807) is 12.1 Å². The van der Waals surface area contributed by atoms with Gasteiger partial charge in [-0.2, -0.15) is 0 Å². The summed E-state index contributed by atoms with van der Waals surface area (Å²) in [4.78, 5) is 0. The lowest BCUT2D eigenvalue weighted by Gasteiger charge is -2.30. The highest BCUT2D eigenvalue weighted by Gasteiger charge is 2.25. The van der Waals surface area contributed by atoms with Gasteiger partial charge in [0.05, 0.1) is 0 Å². The first-order valence-corrected chi connectivity index (χ1v) is 5.34. The molecule has 2 atom stereocenters. The van der Waals surface area contributed by atoms with Crippen molar-refractivity contribution in [3.8, 4) is 0 Å². The SMILES string of the molecule is CC1CCNCC1c1cccc(F)c1F. The number of benzene rings is 1. The summed E-state index contributed by atoms with van der Waals surface area (Å²) < 4.78 is 26.6. The summed E-state index contributed by atoms with van der Waals surface area (Å²) >= 11 is 0. The Bertz CT molecular complexity index is 351. The van der Waals surface area contributed by atoms with E-state index < -0.39 is 11.6 Å². The van der Waals surface area contributed by atoms with Crippen LogP contribution in [0.3, 0.4) is 0 Å². The molecule has 0 radical (unpaired) electrons. The van der Waals surface area contributed by atoms with Crippen LogP contribution in [0.1, 0.15) is 24.8 Å². The van der Waals surface area contributed by atoms with Gasteiger partial charge in [0.15, 0.2) is 11.6 Å². The molecule has 1 aliphatic heterocycles. The molecule has 1 N–H and O–H groups in total. The van der Waals surface area contributed by atoms with E-state index >= 15 is 0 Å². The van der Waals surface area contributed by atoms with Gasteiger partial charge in [-0.3, -0.25) is 0 Å². The minimum absolute atomic E-state index is 0.0921. The molecule has 1 heterocycles. The lowest BCUT2D eigenvalue weighted by molar-refractivity contribution is 0.336. The van der Waals surface area contributed by atoms with E-state index in [4.69, 9.17) is 0 Å². The topological polar surface area (TPSA) is 12.0 Å². The summed E-state index contributed by atoms with van der Waals surface area (Å²) in [5, 5.41) is 3.22. The van der Waals surface area contributed by atoms with Crippen molar-refractivity contribution in [3.05, 3.63) is 35.4 Å². The molecule has 82 valence electrons. The van der Waals surface area contributed by atoms with Crippen LogP contribution in [0, 0.1) is 17.6 Å². The number of rotatable bonds is 1. The largest absolute Gasteiger partial charge is 0.316 e. The second-order valence-corrected chi connectivity index (χ2v) is 4.22. The Balaban J connectivity index is 2.31. The standard InChI is InChI=1S/C12H15F2N/c1-8-5-6-15-7-10(8)9-3-2-4-11(13)12(9)14/h2-4,8,10,15H,5-7H2,1H3. The van der Waals surface area contributed by atoms with Crippen molar-refractivity contribution in [1.82, 2.24) is 5.32 Å². The fourth-order valence-electron chi connectivity index (χ4n) is 2.21. The molecular formula is C12H15F2N. The van der Waals surface area contributed by atoms with E-state index in [2.05, 4.69) is 12.2 Å². The number of hydrogen-bond acceptors (Lipinski definition) is 1. The van der Waals surface area contributed by atoms with Crippen LogP contribution in [0.2, 0.25) is 0 Å². The molecule has 1 saturated heterocycles. The van der Waals surface area contributed by atoms with Gasteiger partial charge in [-0.05, 0) is 30.5 Å². The van der Waals surface area contributed by atoms with Crippen LogP contribution in [-0.2, 0) is 0 Å².